The van der Waals surface area contributed by atoms with Crippen LogP contribution in [0, 0.1) is 0 Å². The van der Waals surface area contributed by atoms with Crippen LogP contribution in [0.1, 0.15) is 57.8 Å². The minimum Gasteiger partial charge on any atom is -0.343 e. The summed E-state index contributed by atoms with van der Waals surface area (Å²) in [4.78, 5) is 38.3. The van der Waals surface area contributed by atoms with Gasteiger partial charge in [-0.25, -0.2) is 0 Å². The number of nitrogens with zero attached hydrogens (tertiary/aromatic N) is 2. The van der Waals surface area contributed by atoms with E-state index in [1.54, 1.807) is 0 Å². The number of hydrogen-bond donors (Lipinski definition) is 0. The number of amides is 3. The quantitative estimate of drug-likeness (QED) is 0.582. The van der Waals surface area contributed by atoms with Crippen LogP contribution in [0.4, 0.5) is 0 Å². The third-order valence-electron chi connectivity index (χ3n) is 4.47. The zero-order valence-electron chi connectivity index (χ0n) is 12.3. The normalized spacial score (nSPS) is 21.1. The van der Waals surface area contributed by atoms with Crippen molar-refractivity contribution in [2.24, 2.45) is 0 Å². The molecule has 2 fully saturated rings. The largest absolute Gasteiger partial charge is 0.343 e. The van der Waals surface area contributed by atoms with E-state index in [0.717, 1.165) is 12.8 Å². The van der Waals surface area contributed by atoms with Crippen molar-refractivity contribution in [2.75, 3.05) is 13.6 Å². The van der Waals surface area contributed by atoms with Crippen LogP contribution in [0.3, 0.4) is 0 Å². The van der Waals surface area contributed by atoms with Crippen LogP contribution in [0.25, 0.3) is 0 Å². The first-order valence-electron chi connectivity index (χ1n) is 7.68. The molecule has 0 radical (unpaired) electrons. The van der Waals surface area contributed by atoms with Gasteiger partial charge in [0, 0.05) is 38.9 Å². The van der Waals surface area contributed by atoms with Crippen LogP contribution in [-0.2, 0) is 14.4 Å². The van der Waals surface area contributed by atoms with E-state index in [1.807, 2.05) is 11.9 Å². The van der Waals surface area contributed by atoms with E-state index in [1.165, 1.54) is 30.6 Å². The van der Waals surface area contributed by atoms with Gasteiger partial charge in [-0.15, -0.1) is 0 Å². The van der Waals surface area contributed by atoms with E-state index in [0.29, 0.717) is 18.9 Å². The Balaban J connectivity index is 1.81. The van der Waals surface area contributed by atoms with E-state index in [4.69, 9.17) is 0 Å². The minimum absolute atomic E-state index is 0.0457. The average Bonchev–Trinajstić information content (AvgIpc) is 2.66. The van der Waals surface area contributed by atoms with Gasteiger partial charge in [0.15, 0.2) is 0 Å². The molecule has 1 aliphatic carbocycles. The van der Waals surface area contributed by atoms with Crippen LogP contribution >= 0.6 is 0 Å². The van der Waals surface area contributed by atoms with Crippen LogP contribution in [0.2, 0.25) is 0 Å². The lowest BCUT2D eigenvalue weighted by molar-refractivity contribution is -0.139. The SMILES string of the molecule is CN(C(=O)CCN1C(=O)CCC1=O)C1CCCCCC1. The number of carbonyl (C=O) groups is 3. The second kappa shape index (κ2) is 6.86. The Labute approximate surface area is 120 Å². The first kappa shape index (κ1) is 15.0. The first-order chi connectivity index (χ1) is 9.59. The van der Waals surface area contributed by atoms with E-state index >= 15 is 0 Å². The third kappa shape index (κ3) is 3.58. The molecule has 1 saturated heterocycles. The standard InChI is InChI=1S/C15H24N2O3/c1-16(12-6-4-2-3-5-7-12)13(18)10-11-17-14(19)8-9-15(17)20/h12H,2-11H2,1H3. The van der Waals surface area contributed by atoms with Gasteiger partial charge in [0.1, 0.15) is 0 Å². The van der Waals surface area contributed by atoms with Crippen LogP contribution in [-0.4, -0.2) is 47.2 Å². The number of rotatable bonds is 4. The zero-order valence-corrected chi connectivity index (χ0v) is 12.3. The Bertz CT molecular complexity index is 371. The topological polar surface area (TPSA) is 57.7 Å². The molecule has 0 aromatic heterocycles. The predicted octanol–water partition coefficient (Wildman–Crippen LogP) is 1.71. The lowest BCUT2D eigenvalue weighted by Crippen LogP contribution is -2.39. The summed E-state index contributed by atoms with van der Waals surface area (Å²) in [6.45, 7) is 0.244. The summed E-state index contributed by atoms with van der Waals surface area (Å²) in [5.74, 6) is -0.232. The molecule has 0 bridgehead atoms. The highest BCUT2D eigenvalue weighted by molar-refractivity contribution is 6.02. The molecule has 0 unspecified atom stereocenters. The second-order valence-corrected chi connectivity index (χ2v) is 5.84. The third-order valence-corrected chi connectivity index (χ3v) is 4.47. The van der Waals surface area contributed by atoms with Gasteiger partial charge in [0.05, 0.1) is 0 Å². The summed E-state index contributed by atoms with van der Waals surface area (Å²) >= 11 is 0. The summed E-state index contributed by atoms with van der Waals surface area (Å²) in [5, 5.41) is 0. The number of likely N-dealkylation sites (tertiary alicyclic amines) is 1. The lowest BCUT2D eigenvalue weighted by atomic mass is 10.1. The van der Waals surface area contributed by atoms with Gasteiger partial charge in [-0.05, 0) is 12.8 Å². The van der Waals surface area contributed by atoms with Gasteiger partial charge < -0.3 is 4.90 Å². The van der Waals surface area contributed by atoms with Crippen LogP contribution < -0.4 is 0 Å². The monoisotopic (exact) mass is 280 g/mol. The number of imide groups is 1. The van der Waals surface area contributed by atoms with Crippen molar-refractivity contribution < 1.29 is 14.4 Å². The Kier molecular flexibility index (Phi) is 5.15. The number of carbonyl (C=O) groups excluding carboxylic acids is 3. The summed E-state index contributed by atoms with van der Waals surface area (Å²) < 4.78 is 0. The van der Waals surface area contributed by atoms with Crippen LogP contribution in [0.5, 0.6) is 0 Å². The molecule has 0 aromatic rings. The highest BCUT2D eigenvalue weighted by Gasteiger charge is 2.29. The maximum atomic E-state index is 12.2. The van der Waals surface area contributed by atoms with Gasteiger partial charge >= 0.3 is 0 Å². The lowest BCUT2D eigenvalue weighted by Gasteiger charge is -2.28. The van der Waals surface area contributed by atoms with E-state index < -0.39 is 0 Å². The van der Waals surface area contributed by atoms with Gasteiger partial charge in [0.25, 0.3) is 0 Å². The Morgan fingerprint density at radius 3 is 2.20 bits per heavy atom. The molecule has 20 heavy (non-hydrogen) atoms. The summed E-state index contributed by atoms with van der Waals surface area (Å²) in [7, 11) is 1.85. The summed E-state index contributed by atoms with van der Waals surface area (Å²) in [6, 6.07) is 0.329. The molecular formula is C15H24N2O3. The molecule has 5 nitrogen and oxygen atoms in total. The van der Waals surface area contributed by atoms with Crippen molar-refractivity contribution >= 4 is 17.7 Å². The maximum absolute atomic E-state index is 12.2. The van der Waals surface area contributed by atoms with Crippen molar-refractivity contribution in [2.45, 2.75) is 63.8 Å². The van der Waals surface area contributed by atoms with Gasteiger partial charge in [-0.3, -0.25) is 19.3 Å². The predicted molar refractivity (Wildman–Crippen MR) is 74.8 cm³/mol. The van der Waals surface area contributed by atoms with Gasteiger partial charge in [-0.1, -0.05) is 25.7 Å². The molecule has 5 heteroatoms. The first-order valence-corrected chi connectivity index (χ1v) is 7.68. The highest BCUT2D eigenvalue weighted by atomic mass is 16.2. The van der Waals surface area contributed by atoms with Crippen molar-refractivity contribution in [1.29, 1.82) is 0 Å². The maximum Gasteiger partial charge on any atom is 0.229 e. The molecule has 2 rings (SSSR count). The van der Waals surface area contributed by atoms with Crippen molar-refractivity contribution in [3.8, 4) is 0 Å². The Morgan fingerprint density at radius 2 is 1.65 bits per heavy atom. The average molecular weight is 280 g/mol. The molecule has 1 saturated carbocycles. The summed E-state index contributed by atoms with van der Waals surface area (Å²) in [6.07, 6.45) is 7.89. The van der Waals surface area contributed by atoms with E-state index in [9.17, 15) is 14.4 Å². The van der Waals surface area contributed by atoms with E-state index in [2.05, 4.69) is 0 Å². The zero-order chi connectivity index (χ0) is 14.5. The second-order valence-electron chi connectivity index (χ2n) is 5.84. The van der Waals surface area contributed by atoms with Crippen LogP contribution in [0.15, 0.2) is 0 Å². The minimum atomic E-state index is -0.139. The smallest absolute Gasteiger partial charge is 0.229 e. The number of hydrogen-bond acceptors (Lipinski definition) is 3. The Morgan fingerprint density at radius 1 is 1.10 bits per heavy atom. The summed E-state index contributed by atoms with van der Waals surface area (Å²) in [5.41, 5.74) is 0. The fourth-order valence-electron chi connectivity index (χ4n) is 3.10. The fourth-order valence-corrected chi connectivity index (χ4v) is 3.10. The molecule has 2 aliphatic rings. The fraction of sp³-hybridized carbons (Fsp3) is 0.800. The van der Waals surface area contributed by atoms with Crippen molar-refractivity contribution in [3.05, 3.63) is 0 Å². The Hall–Kier alpha value is -1.39. The molecule has 0 N–H and O–H groups in total. The molecule has 1 aliphatic heterocycles. The van der Waals surface area contributed by atoms with Crippen molar-refractivity contribution in [1.82, 2.24) is 9.80 Å². The van der Waals surface area contributed by atoms with E-state index in [-0.39, 0.29) is 30.7 Å². The molecular weight excluding hydrogens is 256 g/mol. The van der Waals surface area contributed by atoms with Gasteiger partial charge in [-0.2, -0.15) is 0 Å². The molecule has 112 valence electrons. The van der Waals surface area contributed by atoms with Crippen molar-refractivity contribution in [3.63, 3.8) is 0 Å². The highest BCUT2D eigenvalue weighted by Crippen LogP contribution is 2.21. The molecule has 0 spiro atoms. The molecule has 3 amide bonds. The van der Waals surface area contributed by atoms with Gasteiger partial charge in [0.2, 0.25) is 17.7 Å². The molecule has 0 aromatic carbocycles. The molecule has 1 heterocycles. The molecule has 0 atom stereocenters.